The van der Waals surface area contributed by atoms with Crippen LogP contribution in [0.15, 0.2) is 41.3 Å². The first-order valence-corrected chi connectivity index (χ1v) is 14.3. The number of aromatic amines is 1. The number of aromatic nitrogens is 3. The number of rotatable bonds is 6. The Kier molecular flexibility index (Phi) is 8.04. The molecule has 0 radical (unpaired) electrons. The van der Waals surface area contributed by atoms with E-state index in [-0.39, 0.29) is 49.2 Å². The normalized spacial score (nSPS) is 24.8. The zero-order chi connectivity index (χ0) is 31.0. The van der Waals surface area contributed by atoms with Crippen LogP contribution in [0.25, 0.3) is 10.9 Å². The molecule has 3 N–H and O–H groups in total. The molecule has 0 aliphatic carbocycles. The molecular formula is C30H35F3N6O4. The molecule has 0 bridgehead atoms. The van der Waals surface area contributed by atoms with Gasteiger partial charge in [0.1, 0.15) is 16.5 Å². The van der Waals surface area contributed by atoms with E-state index in [9.17, 15) is 28.0 Å². The highest BCUT2D eigenvalue weighted by Crippen LogP contribution is 2.45. The van der Waals surface area contributed by atoms with Gasteiger partial charge in [0.15, 0.2) is 11.9 Å². The number of anilines is 2. The third-order valence-electron chi connectivity index (χ3n) is 8.09. The van der Waals surface area contributed by atoms with E-state index in [1.807, 2.05) is 0 Å². The summed E-state index contributed by atoms with van der Waals surface area (Å²) < 4.78 is 55.5. The minimum Gasteiger partial charge on any atom is -0.458 e. The van der Waals surface area contributed by atoms with E-state index in [0.29, 0.717) is 30.5 Å². The molecule has 4 heterocycles. The lowest BCUT2D eigenvalue weighted by molar-refractivity contribution is -0.207. The predicted molar refractivity (Wildman–Crippen MR) is 153 cm³/mol. The lowest BCUT2D eigenvalue weighted by Crippen LogP contribution is -2.56. The van der Waals surface area contributed by atoms with Gasteiger partial charge < -0.3 is 19.8 Å². The first kappa shape index (κ1) is 30.6. The van der Waals surface area contributed by atoms with Crippen LogP contribution in [0.1, 0.15) is 64.9 Å². The number of ether oxygens (including phenoxy) is 2. The standard InChI is InChI=1S/C30H35F3N6O4/c1-27(2,3)43-26(41)22-10-13-28(14-15-34,18-42-22)39-21-11-17-35-25(40)23(21)24(38-39)37-20-8-6-19(7-9-20)29(30(31,32)33)12-4-5-16-36-29/h6-9,11,17,22,36H,4-5,10,12-14,16,18H2,1-3H3,(H,35,40)(H,37,38). The molecule has 3 unspecified atom stereocenters. The van der Waals surface area contributed by atoms with Crippen LogP contribution in [0, 0.1) is 11.3 Å². The van der Waals surface area contributed by atoms with Gasteiger partial charge >= 0.3 is 12.1 Å². The summed E-state index contributed by atoms with van der Waals surface area (Å²) in [6.07, 6.45) is -2.07. The second kappa shape index (κ2) is 11.3. The number of carbonyl (C=O) groups excluding carboxylic acids is 1. The molecule has 0 spiro atoms. The van der Waals surface area contributed by atoms with Crippen LogP contribution in [-0.4, -0.2) is 51.8 Å². The smallest absolute Gasteiger partial charge is 0.410 e. The lowest BCUT2D eigenvalue weighted by Gasteiger charge is -2.40. The van der Waals surface area contributed by atoms with Crippen LogP contribution in [0.2, 0.25) is 0 Å². The topological polar surface area (TPSA) is 134 Å². The highest BCUT2D eigenvalue weighted by molar-refractivity contribution is 5.91. The van der Waals surface area contributed by atoms with E-state index in [4.69, 9.17) is 14.6 Å². The van der Waals surface area contributed by atoms with E-state index in [1.165, 1.54) is 30.5 Å². The molecular weight excluding hydrogens is 565 g/mol. The molecule has 0 amide bonds. The number of alkyl halides is 3. The summed E-state index contributed by atoms with van der Waals surface area (Å²) >= 11 is 0. The molecule has 3 aromatic rings. The van der Waals surface area contributed by atoms with Crippen LogP contribution >= 0.6 is 0 Å². The summed E-state index contributed by atoms with van der Waals surface area (Å²) in [6, 6.07) is 9.78. The highest BCUT2D eigenvalue weighted by atomic mass is 19.4. The van der Waals surface area contributed by atoms with Crippen LogP contribution in [0.5, 0.6) is 0 Å². The monoisotopic (exact) mass is 600 g/mol. The molecule has 13 heteroatoms. The minimum absolute atomic E-state index is 0.00171. The maximum atomic E-state index is 14.2. The van der Waals surface area contributed by atoms with Crippen molar-refractivity contribution in [1.82, 2.24) is 20.1 Å². The number of fused-ring (bicyclic) bond motifs is 1. The summed E-state index contributed by atoms with van der Waals surface area (Å²) in [6.45, 7) is 5.56. The summed E-state index contributed by atoms with van der Waals surface area (Å²) in [4.78, 5) is 28.3. The quantitative estimate of drug-likeness (QED) is 0.332. The summed E-state index contributed by atoms with van der Waals surface area (Å²) in [5, 5.41) is 20.4. The van der Waals surface area contributed by atoms with Crippen LogP contribution in [0.4, 0.5) is 24.7 Å². The molecule has 5 rings (SSSR count). The van der Waals surface area contributed by atoms with Crippen molar-refractivity contribution in [1.29, 1.82) is 5.26 Å². The van der Waals surface area contributed by atoms with Gasteiger partial charge in [-0.05, 0) is 83.2 Å². The number of esters is 1. The van der Waals surface area contributed by atoms with E-state index in [0.717, 1.165) is 0 Å². The van der Waals surface area contributed by atoms with Crippen molar-refractivity contribution in [2.75, 3.05) is 18.5 Å². The van der Waals surface area contributed by atoms with Crippen molar-refractivity contribution in [3.05, 3.63) is 52.4 Å². The number of nitrogens with zero attached hydrogens (tertiary/aromatic N) is 3. The molecule has 230 valence electrons. The van der Waals surface area contributed by atoms with Crippen molar-refractivity contribution in [2.24, 2.45) is 0 Å². The molecule has 43 heavy (non-hydrogen) atoms. The molecule has 2 aliphatic rings. The fourth-order valence-electron chi connectivity index (χ4n) is 5.95. The molecule has 0 saturated carbocycles. The third-order valence-corrected chi connectivity index (χ3v) is 8.09. The van der Waals surface area contributed by atoms with Crippen molar-refractivity contribution >= 4 is 28.4 Å². The maximum absolute atomic E-state index is 14.2. The fourth-order valence-corrected chi connectivity index (χ4v) is 5.95. The first-order valence-electron chi connectivity index (χ1n) is 14.3. The molecule has 2 aromatic heterocycles. The Morgan fingerprint density at radius 1 is 1.21 bits per heavy atom. The van der Waals surface area contributed by atoms with Gasteiger partial charge in [-0.3, -0.25) is 14.8 Å². The number of piperidine rings is 1. The molecule has 1 aromatic carbocycles. The zero-order valence-corrected chi connectivity index (χ0v) is 24.3. The van der Waals surface area contributed by atoms with Crippen LogP contribution in [0.3, 0.4) is 0 Å². The SMILES string of the molecule is CC(C)(C)OC(=O)C1CCC(CC#N)(n2nc(Nc3ccc(C4(C(F)(F)F)CCCCN4)cc3)c3c(=O)[nH]ccc32)CO1. The summed E-state index contributed by atoms with van der Waals surface area (Å²) in [5.41, 5.74) is -3.21. The van der Waals surface area contributed by atoms with E-state index >= 15 is 0 Å². The number of nitrogens with one attached hydrogen (secondary N) is 3. The molecule has 2 aliphatic heterocycles. The average molecular weight is 601 g/mol. The van der Waals surface area contributed by atoms with Gasteiger partial charge in [0.05, 0.1) is 30.2 Å². The zero-order valence-electron chi connectivity index (χ0n) is 24.3. The number of nitriles is 1. The predicted octanol–water partition coefficient (Wildman–Crippen LogP) is 5.13. The van der Waals surface area contributed by atoms with Crippen molar-refractivity contribution in [3.8, 4) is 6.07 Å². The van der Waals surface area contributed by atoms with Gasteiger partial charge in [-0.1, -0.05) is 12.1 Å². The Bertz CT molecular complexity index is 1570. The first-order chi connectivity index (χ1) is 20.3. The molecule has 2 saturated heterocycles. The van der Waals surface area contributed by atoms with Gasteiger partial charge in [-0.25, -0.2) is 4.79 Å². The Morgan fingerprint density at radius 2 is 1.95 bits per heavy atom. The van der Waals surface area contributed by atoms with Gasteiger partial charge in [0, 0.05) is 11.9 Å². The number of carbonyl (C=O) groups is 1. The Morgan fingerprint density at radius 3 is 2.53 bits per heavy atom. The molecule has 10 nitrogen and oxygen atoms in total. The van der Waals surface area contributed by atoms with Gasteiger partial charge in [0.25, 0.3) is 5.56 Å². The average Bonchev–Trinajstić information content (AvgIpc) is 3.33. The highest BCUT2D eigenvalue weighted by Gasteiger charge is 2.56. The van der Waals surface area contributed by atoms with Gasteiger partial charge in [0.2, 0.25) is 0 Å². The summed E-state index contributed by atoms with van der Waals surface area (Å²) in [7, 11) is 0. The fraction of sp³-hybridized carbons (Fsp3) is 0.533. The number of halogens is 3. The second-order valence-corrected chi connectivity index (χ2v) is 12.2. The summed E-state index contributed by atoms with van der Waals surface area (Å²) in [5.74, 6) is -0.307. The van der Waals surface area contributed by atoms with Gasteiger partial charge in [-0.15, -0.1) is 0 Å². The number of H-pyrrole nitrogens is 1. The third kappa shape index (κ3) is 5.86. The van der Waals surface area contributed by atoms with E-state index in [1.54, 1.807) is 31.5 Å². The number of pyridine rings is 1. The van der Waals surface area contributed by atoms with Crippen LogP contribution in [-0.2, 0) is 25.3 Å². The molecule has 2 fully saturated rings. The number of benzene rings is 1. The van der Waals surface area contributed by atoms with Crippen molar-refractivity contribution < 1.29 is 27.4 Å². The number of hydrogen-bond acceptors (Lipinski definition) is 8. The number of hydrogen-bond donors (Lipinski definition) is 3. The van der Waals surface area contributed by atoms with E-state index in [2.05, 4.69) is 21.7 Å². The largest absolute Gasteiger partial charge is 0.458 e. The van der Waals surface area contributed by atoms with Crippen LogP contribution < -0.4 is 16.2 Å². The Labute approximate surface area is 246 Å². The van der Waals surface area contributed by atoms with E-state index < -0.39 is 40.5 Å². The lowest BCUT2D eigenvalue weighted by atomic mass is 9.81. The second-order valence-electron chi connectivity index (χ2n) is 12.2. The molecule has 3 atom stereocenters. The Balaban J connectivity index is 1.46. The minimum atomic E-state index is -4.47. The Hall–Kier alpha value is -3.89. The maximum Gasteiger partial charge on any atom is 0.410 e. The van der Waals surface area contributed by atoms with Gasteiger partial charge in [-0.2, -0.15) is 23.5 Å². The van der Waals surface area contributed by atoms with Crippen molar-refractivity contribution in [2.45, 2.75) is 88.3 Å². The van der Waals surface area contributed by atoms with Crippen molar-refractivity contribution in [3.63, 3.8) is 0 Å².